The van der Waals surface area contributed by atoms with Gasteiger partial charge in [0, 0.05) is 22.6 Å². The molecule has 2 aliphatic rings. The largest absolute Gasteiger partial charge is 0.496 e. The molecule has 2 aromatic rings. The zero-order valence-corrected chi connectivity index (χ0v) is 14.6. The number of methoxy groups -OCH3 is 1. The molecule has 0 aromatic heterocycles. The minimum atomic E-state index is -0.410. The number of benzene rings is 2. The number of amides is 1. The minimum Gasteiger partial charge on any atom is -0.496 e. The van der Waals surface area contributed by atoms with E-state index in [0.29, 0.717) is 12.2 Å². The fourth-order valence-electron chi connectivity index (χ4n) is 4.13. The van der Waals surface area contributed by atoms with Gasteiger partial charge in [0.05, 0.1) is 25.3 Å². The maximum absolute atomic E-state index is 11.6. The van der Waals surface area contributed by atoms with Crippen LogP contribution in [-0.2, 0) is 5.41 Å². The van der Waals surface area contributed by atoms with E-state index in [1.165, 1.54) is 0 Å². The number of nitrogens with two attached hydrogens (primary N) is 1. The summed E-state index contributed by atoms with van der Waals surface area (Å²) in [5.41, 5.74) is 8.98. The Morgan fingerprint density at radius 3 is 2.84 bits per heavy atom. The van der Waals surface area contributed by atoms with Gasteiger partial charge in [-0.25, -0.2) is 0 Å². The van der Waals surface area contributed by atoms with Gasteiger partial charge in [-0.05, 0) is 35.9 Å². The Hall–Kier alpha value is -2.69. The van der Waals surface area contributed by atoms with Crippen LogP contribution < -0.4 is 20.5 Å². The first kappa shape index (κ1) is 15.8. The van der Waals surface area contributed by atoms with Crippen LogP contribution in [0.1, 0.15) is 41.4 Å². The molecular formula is C20H22N2O3. The highest BCUT2D eigenvalue weighted by Gasteiger charge is 2.47. The molecule has 2 aliphatic heterocycles. The van der Waals surface area contributed by atoms with Crippen LogP contribution in [0, 0.1) is 5.92 Å². The standard InChI is InChI=1S/C20H22N2O3/c1-20(2)12-9-11(19(21)23)7-8-14(12)22-18-13(20)10-25-16-6-4-5-15(24-3)17(16)18/h4-9,13,18,22H,10H2,1-3H3,(H2,21,23). The molecule has 5 heteroatoms. The van der Waals surface area contributed by atoms with Gasteiger partial charge in [-0.15, -0.1) is 0 Å². The molecular weight excluding hydrogens is 316 g/mol. The number of carbonyl (C=O) groups excluding carboxylic acids is 1. The van der Waals surface area contributed by atoms with E-state index in [9.17, 15) is 4.79 Å². The summed E-state index contributed by atoms with van der Waals surface area (Å²) in [5, 5.41) is 3.64. The summed E-state index contributed by atoms with van der Waals surface area (Å²) in [4.78, 5) is 11.6. The fourth-order valence-corrected chi connectivity index (χ4v) is 4.13. The molecule has 4 rings (SSSR count). The van der Waals surface area contributed by atoms with Crippen molar-refractivity contribution in [3.05, 3.63) is 53.1 Å². The molecule has 130 valence electrons. The minimum absolute atomic E-state index is 0.0850. The van der Waals surface area contributed by atoms with Crippen LogP contribution in [0.2, 0.25) is 0 Å². The van der Waals surface area contributed by atoms with Gasteiger partial charge in [0.25, 0.3) is 0 Å². The highest BCUT2D eigenvalue weighted by Crippen LogP contribution is 2.54. The molecule has 2 aromatic carbocycles. The predicted molar refractivity (Wildman–Crippen MR) is 96.3 cm³/mol. The fraction of sp³-hybridized carbons (Fsp3) is 0.350. The average Bonchev–Trinajstić information content (AvgIpc) is 2.60. The Morgan fingerprint density at radius 1 is 1.32 bits per heavy atom. The van der Waals surface area contributed by atoms with Gasteiger partial charge in [-0.2, -0.15) is 0 Å². The Morgan fingerprint density at radius 2 is 2.12 bits per heavy atom. The van der Waals surface area contributed by atoms with Gasteiger partial charge in [-0.1, -0.05) is 19.9 Å². The maximum atomic E-state index is 11.6. The molecule has 0 bridgehead atoms. The number of nitrogens with one attached hydrogen (secondary N) is 1. The van der Waals surface area contributed by atoms with Crippen molar-refractivity contribution in [2.45, 2.75) is 25.3 Å². The number of rotatable bonds is 2. The van der Waals surface area contributed by atoms with Crippen molar-refractivity contribution in [2.24, 2.45) is 11.7 Å². The molecule has 25 heavy (non-hydrogen) atoms. The maximum Gasteiger partial charge on any atom is 0.248 e. The van der Waals surface area contributed by atoms with Crippen molar-refractivity contribution < 1.29 is 14.3 Å². The van der Waals surface area contributed by atoms with Gasteiger partial charge < -0.3 is 20.5 Å². The zero-order chi connectivity index (χ0) is 17.8. The summed E-state index contributed by atoms with van der Waals surface area (Å²) < 4.78 is 11.6. The lowest BCUT2D eigenvalue weighted by Crippen LogP contribution is -2.46. The summed E-state index contributed by atoms with van der Waals surface area (Å²) in [7, 11) is 1.68. The van der Waals surface area contributed by atoms with Crippen molar-refractivity contribution in [2.75, 3.05) is 19.0 Å². The second-order valence-corrected chi connectivity index (χ2v) is 7.26. The number of anilines is 1. The van der Waals surface area contributed by atoms with Gasteiger partial charge >= 0.3 is 0 Å². The molecule has 0 fully saturated rings. The van der Waals surface area contributed by atoms with Gasteiger partial charge in [0.1, 0.15) is 11.5 Å². The smallest absolute Gasteiger partial charge is 0.248 e. The second kappa shape index (κ2) is 5.41. The van der Waals surface area contributed by atoms with Crippen molar-refractivity contribution in [3.8, 4) is 11.5 Å². The normalized spacial score (nSPS) is 22.5. The summed E-state index contributed by atoms with van der Waals surface area (Å²) >= 11 is 0. The van der Waals surface area contributed by atoms with Crippen LogP contribution in [0.5, 0.6) is 11.5 Å². The molecule has 0 saturated carbocycles. The first-order valence-electron chi connectivity index (χ1n) is 8.44. The molecule has 5 nitrogen and oxygen atoms in total. The van der Waals surface area contributed by atoms with E-state index in [1.54, 1.807) is 13.2 Å². The number of ether oxygens (including phenoxy) is 2. The van der Waals surface area contributed by atoms with Crippen LogP contribution in [0.15, 0.2) is 36.4 Å². The summed E-state index contributed by atoms with van der Waals surface area (Å²) in [6, 6.07) is 11.6. The SMILES string of the molecule is COc1cccc2c1C1Nc3ccc(C(N)=O)cc3C(C)(C)C1CO2. The number of fused-ring (bicyclic) bond motifs is 4. The van der Waals surface area contributed by atoms with E-state index in [2.05, 4.69) is 19.2 Å². The Bertz CT molecular complexity index is 846. The molecule has 2 atom stereocenters. The first-order chi connectivity index (χ1) is 11.9. The predicted octanol–water partition coefficient (Wildman–Crippen LogP) is 3.25. The van der Waals surface area contributed by atoms with Crippen molar-refractivity contribution >= 4 is 11.6 Å². The van der Waals surface area contributed by atoms with Crippen LogP contribution in [0.4, 0.5) is 5.69 Å². The van der Waals surface area contributed by atoms with Crippen LogP contribution in [0.3, 0.4) is 0 Å². The second-order valence-electron chi connectivity index (χ2n) is 7.26. The van der Waals surface area contributed by atoms with E-state index >= 15 is 0 Å². The summed E-state index contributed by atoms with van der Waals surface area (Å²) in [5.74, 6) is 1.48. The van der Waals surface area contributed by atoms with Crippen molar-refractivity contribution in [3.63, 3.8) is 0 Å². The van der Waals surface area contributed by atoms with Crippen LogP contribution in [-0.4, -0.2) is 19.6 Å². The number of hydrogen-bond acceptors (Lipinski definition) is 4. The van der Waals surface area contributed by atoms with Gasteiger partial charge in [0.2, 0.25) is 5.91 Å². The van der Waals surface area contributed by atoms with Crippen molar-refractivity contribution in [1.82, 2.24) is 0 Å². The topological polar surface area (TPSA) is 73.6 Å². The van der Waals surface area contributed by atoms with E-state index in [-0.39, 0.29) is 17.4 Å². The third kappa shape index (κ3) is 2.26. The molecule has 2 heterocycles. The van der Waals surface area contributed by atoms with E-state index < -0.39 is 5.91 Å². The highest BCUT2D eigenvalue weighted by atomic mass is 16.5. The van der Waals surface area contributed by atoms with Crippen LogP contribution in [0.25, 0.3) is 0 Å². The lowest BCUT2D eigenvalue weighted by Gasteiger charge is -2.48. The molecule has 3 N–H and O–H groups in total. The summed E-state index contributed by atoms with van der Waals surface area (Å²) in [6.45, 7) is 4.99. The number of primary amides is 1. The first-order valence-corrected chi connectivity index (χ1v) is 8.44. The van der Waals surface area contributed by atoms with Gasteiger partial charge in [0.15, 0.2) is 0 Å². The third-order valence-corrected chi connectivity index (χ3v) is 5.61. The molecule has 0 saturated heterocycles. The van der Waals surface area contributed by atoms with Gasteiger partial charge in [-0.3, -0.25) is 4.79 Å². The number of carbonyl (C=O) groups is 1. The molecule has 2 unspecified atom stereocenters. The molecule has 1 amide bonds. The van der Waals surface area contributed by atoms with E-state index in [4.69, 9.17) is 15.2 Å². The molecule has 0 radical (unpaired) electrons. The van der Waals surface area contributed by atoms with Crippen molar-refractivity contribution in [1.29, 1.82) is 0 Å². The quantitative estimate of drug-likeness (QED) is 0.881. The Kier molecular flexibility index (Phi) is 3.42. The Balaban J connectivity index is 1.87. The van der Waals surface area contributed by atoms with Crippen LogP contribution >= 0.6 is 0 Å². The molecule has 0 aliphatic carbocycles. The zero-order valence-electron chi connectivity index (χ0n) is 14.6. The average molecular weight is 338 g/mol. The highest BCUT2D eigenvalue weighted by molar-refractivity contribution is 5.93. The molecule has 0 spiro atoms. The monoisotopic (exact) mass is 338 g/mol. The lowest BCUT2D eigenvalue weighted by molar-refractivity contribution is 0.0999. The van der Waals surface area contributed by atoms with E-state index in [1.807, 2.05) is 30.3 Å². The third-order valence-electron chi connectivity index (χ3n) is 5.61. The lowest BCUT2D eigenvalue weighted by atomic mass is 9.65. The number of hydrogen-bond donors (Lipinski definition) is 2. The Labute approximate surface area is 147 Å². The summed E-state index contributed by atoms with van der Waals surface area (Å²) in [6.07, 6.45) is 0. The van der Waals surface area contributed by atoms with E-state index in [0.717, 1.165) is 28.3 Å².